The van der Waals surface area contributed by atoms with Crippen molar-refractivity contribution in [2.24, 2.45) is 17.8 Å². The van der Waals surface area contributed by atoms with Crippen LogP contribution in [-0.2, 0) is 35.1 Å². The number of carbonyl (C=O) groups excluding carboxylic acids is 4. The maximum absolute atomic E-state index is 13.4. The van der Waals surface area contributed by atoms with Crippen LogP contribution in [0.3, 0.4) is 0 Å². The Balaban J connectivity index is 1.91. The molecule has 46 heavy (non-hydrogen) atoms. The number of halogens is 1. The Morgan fingerprint density at radius 2 is 1.85 bits per heavy atom. The van der Waals surface area contributed by atoms with Crippen molar-refractivity contribution in [1.29, 1.82) is 0 Å². The molecule has 2 aromatic rings. The van der Waals surface area contributed by atoms with Crippen molar-refractivity contribution in [2.45, 2.75) is 79.1 Å². The molecule has 1 aromatic carbocycles. The van der Waals surface area contributed by atoms with Gasteiger partial charge in [0.15, 0.2) is 6.10 Å². The largest absolute Gasteiger partial charge is 0.495 e. The van der Waals surface area contributed by atoms with Gasteiger partial charge in [-0.2, -0.15) is 0 Å². The SMILES string of the molecule is COc1ccc(C[C@H]2NC(=O)/C=C/C[C@@H]([C@H](C)/C=C/c3c(C)noc3C)OC(=O)[C@H](CC(C)C)OC(=O)[C@H](C)CNC2=O)cc1Cl. The lowest BCUT2D eigenvalue weighted by Crippen LogP contribution is -2.49. The van der Waals surface area contributed by atoms with E-state index in [1.807, 2.05) is 39.8 Å². The lowest BCUT2D eigenvalue weighted by Gasteiger charge is -2.26. The summed E-state index contributed by atoms with van der Waals surface area (Å²) in [7, 11) is 1.50. The number of aromatic nitrogens is 1. The van der Waals surface area contributed by atoms with E-state index in [4.69, 9.17) is 30.3 Å². The minimum Gasteiger partial charge on any atom is -0.495 e. The standard InChI is InChI=1S/C34H44ClN3O8/c1-19(2)15-30-34(42)44-28(20(3)11-13-25-22(5)38-46-23(25)6)9-8-10-31(39)37-27(32(40)36-18-21(4)33(41)45-30)17-24-12-14-29(43-7)26(35)16-24/h8,10-14,16,19-21,27-28,30H,9,15,17-18H2,1-7H3,(H,36,40)(H,37,39)/b10-8+,13-11+/t20-,21-,27-,28+,30+/m1/s1. The normalized spacial score (nSPS) is 23.4. The third kappa shape index (κ3) is 10.5. The van der Waals surface area contributed by atoms with Crippen LogP contribution in [0.2, 0.25) is 5.02 Å². The fourth-order valence-corrected chi connectivity index (χ4v) is 5.12. The number of hydrogen-bond donors (Lipinski definition) is 2. The molecule has 0 radical (unpaired) electrons. The van der Waals surface area contributed by atoms with E-state index in [0.717, 1.165) is 11.3 Å². The fourth-order valence-electron chi connectivity index (χ4n) is 4.84. The summed E-state index contributed by atoms with van der Waals surface area (Å²) < 4.78 is 22.1. The van der Waals surface area contributed by atoms with E-state index in [-0.39, 0.29) is 37.6 Å². The van der Waals surface area contributed by atoms with E-state index in [1.165, 1.54) is 13.2 Å². The molecule has 1 aliphatic heterocycles. The van der Waals surface area contributed by atoms with Crippen LogP contribution in [0.25, 0.3) is 6.08 Å². The van der Waals surface area contributed by atoms with Gasteiger partial charge in [-0.25, -0.2) is 4.79 Å². The second-order valence-corrected chi connectivity index (χ2v) is 12.4. The minimum atomic E-state index is -1.14. The highest BCUT2D eigenvalue weighted by Gasteiger charge is 2.32. The van der Waals surface area contributed by atoms with E-state index in [0.29, 0.717) is 22.1 Å². The summed E-state index contributed by atoms with van der Waals surface area (Å²) >= 11 is 6.29. The number of hydrogen-bond acceptors (Lipinski definition) is 9. The van der Waals surface area contributed by atoms with Crippen LogP contribution >= 0.6 is 11.6 Å². The molecule has 0 spiro atoms. The van der Waals surface area contributed by atoms with Gasteiger partial charge in [0.25, 0.3) is 0 Å². The van der Waals surface area contributed by atoms with Gasteiger partial charge in [-0.15, -0.1) is 0 Å². The summed E-state index contributed by atoms with van der Waals surface area (Å²) in [5, 5.41) is 9.80. The maximum atomic E-state index is 13.4. The quantitative estimate of drug-likeness (QED) is 0.378. The number of ether oxygens (including phenoxy) is 3. The van der Waals surface area contributed by atoms with Crippen LogP contribution in [0.15, 0.2) is 41.0 Å². The molecule has 11 nitrogen and oxygen atoms in total. The fraction of sp³-hybridized carbons (Fsp3) is 0.500. The number of rotatable bonds is 8. The molecule has 2 N–H and O–H groups in total. The first-order chi connectivity index (χ1) is 21.8. The number of esters is 2. The zero-order chi connectivity index (χ0) is 34.0. The summed E-state index contributed by atoms with van der Waals surface area (Å²) in [6, 6.07) is 4.13. The summed E-state index contributed by atoms with van der Waals surface area (Å²) in [4.78, 5) is 52.8. The Hall–Kier alpha value is -4.12. The topological polar surface area (TPSA) is 146 Å². The van der Waals surface area contributed by atoms with E-state index in [2.05, 4.69) is 15.8 Å². The molecule has 12 heteroatoms. The molecule has 0 unspecified atom stereocenters. The molecule has 2 heterocycles. The Labute approximate surface area is 275 Å². The van der Waals surface area contributed by atoms with Crippen molar-refractivity contribution < 1.29 is 37.9 Å². The Bertz CT molecular complexity index is 1430. The molecular formula is C34H44ClN3O8. The van der Waals surface area contributed by atoms with Crippen molar-refractivity contribution in [3.05, 3.63) is 64.0 Å². The molecule has 0 aliphatic carbocycles. The van der Waals surface area contributed by atoms with Crippen molar-refractivity contribution >= 4 is 41.4 Å². The second-order valence-electron chi connectivity index (χ2n) is 12.0. The van der Waals surface area contributed by atoms with Crippen molar-refractivity contribution in [2.75, 3.05) is 13.7 Å². The number of nitrogens with zero attached hydrogens (tertiary/aromatic N) is 1. The molecule has 1 aliphatic rings. The van der Waals surface area contributed by atoms with Gasteiger partial charge < -0.3 is 29.4 Å². The van der Waals surface area contributed by atoms with Gasteiger partial charge >= 0.3 is 11.9 Å². The maximum Gasteiger partial charge on any atom is 0.347 e. The summed E-state index contributed by atoms with van der Waals surface area (Å²) in [5.74, 6) is -2.26. The number of benzene rings is 1. The monoisotopic (exact) mass is 657 g/mol. The number of amides is 2. The average Bonchev–Trinajstić information content (AvgIpc) is 3.32. The smallest absolute Gasteiger partial charge is 0.347 e. The van der Waals surface area contributed by atoms with Crippen LogP contribution in [-0.4, -0.2) is 60.8 Å². The van der Waals surface area contributed by atoms with Gasteiger partial charge in [0.1, 0.15) is 23.7 Å². The van der Waals surface area contributed by atoms with Gasteiger partial charge in [-0.05, 0) is 50.0 Å². The van der Waals surface area contributed by atoms with Gasteiger partial charge in [0.05, 0.1) is 23.7 Å². The van der Waals surface area contributed by atoms with Gasteiger partial charge in [0.2, 0.25) is 11.8 Å². The van der Waals surface area contributed by atoms with Crippen LogP contribution in [0.5, 0.6) is 5.75 Å². The molecule has 3 rings (SSSR count). The molecule has 0 saturated heterocycles. The zero-order valence-electron chi connectivity index (χ0n) is 27.4. The third-order valence-corrected chi connectivity index (χ3v) is 7.92. The number of methoxy groups -OCH3 is 1. The lowest BCUT2D eigenvalue weighted by molar-refractivity contribution is -0.175. The van der Waals surface area contributed by atoms with Crippen LogP contribution < -0.4 is 15.4 Å². The van der Waals surface area contributed by atoms with E-state index in [9.17, 15) is 19.2 Å². The Morgan fingerprint density at radius 3 is 2.48 bits per heavy atom. The molecule has 0 bridgehead atoms. The molecule has 0 saturated carbocycles. The predicted octanol–water partition coefficient (Wildman–Crippen LogP) is 4.91. The highest BCUT2D eigenvalue weighted by Crippen LogP contribution is 2.26. The highest BCUT2D eigenvalue weighted by atomic mass is 35.5. The van der Waals surface area contributed by atoms with Crippen LogP contribution in [0.1, 0.15) is 63.1 Å². The first-order valence-electron chi connectivity index (χ1n) is 15.4. The molecular weight excluding hydrogens is 614 g/mol. The van der Waals surface area contributed by atoms with Crippen LogP contribution in [0, 0.1) is 31.6 Å². The van der Waals surface area contributed by atoms with Crippen LogP contribution in [0.4, 0.5) is 0 Å². The van der Waals surface area contributed by atoms with Crippen molar-refractivity contribution in [3.8, 4) is 5.75 Å². The van der Waals surface area contributed by atoms with E-state index >= 15 is 0 Å². The zero-order valence-corrected chi connectivity index (χ0v) is 28.2. The number of nitrogens with one attached hydrogen (secondary N) is 2. The molecule has 250 valence electrons. The van der Waals surface area contributed by atoms with Gasteiger partial charge in [-0.1, -0.05) is 68.7 Å². The predicted molar refractivity (Wildman–Crippen MR) is 173 cm³/mol. The Morgan fingerprint density at radius 1 is 1.11 bits per heavy atom. The van der Waals surface area contributed by atoms with E-state index < -0.39 is 47.9 Å². The molecule has 1 aromatic heterocycles. The molecule has 0 fully saturated rings. The summed E-state index contributed by atoms with van der Waals surface area (Å²) in [5.41, 5.74) is 2.24. The van der Waals surface area contributed by atoms with E-state index in [1.54, 1.807) is 38.1 Å². The van der Waals surface area contributed by atoms with Gasteiger partial charge in [0, 0.05) is 30.9 Å². The van der Waals surface area contributed by atoms with Crippen molar-refractivity contribution in [3.63, 3.8) is 0 Å². The first-order valence-corrected chi connectivity index (χ1v) is 15.8. The minimum absolute atomic E-state index is 0.0251. The third-order valence-electron chi connectivity index (χ3n) is 7.63. The summed E-state index contributed by atoms with van der Waals surface area (Å²) in [6.07, 6.45) is 5.36. The molecule has 5 atom stereocenters. The number of cyclic esters (lactones) is 2. The first kappa shape index (κ1) is 36.3. The highest BCUT2D eigenvalue weighted by molar-refractivity contribution is 6.32. The second kappa shape index (κ2) is 17.0. The Kier molecular flexibility index (Phi) is 13.4. The molecule has 2 amide bonds. The number of aryl methyl sites for hydroxylation is 2. The van der Waals surface area contributed by atoms with Gasteiger partial charge in [-0.3, -0.25) is 14.4 Å². The average molecular weight is 658 g/mol. The summed E-state index contributed by atoms with van der Waals surface area (Å²) in [6.45, 7) is 10.9. The van der Waals surface area contributed by atoms with Crippen molar-refractivity contribution in [1.82, 2.24) is 15.8 Å². The lowest BCUT2D eigenvalue weighted by atomic mass is 9.99. The number of carbonyl (C=O) groups is 4.